The molecule has 4 heteroatoms. The topological polar surface area (TPSA) is 45.1 Å². The van der Waals surface area contributed by atoms with Crippen molar-refractivity contribution in [3.8, 4) is 0 Å². The summed E-state index contributed by atoms with van der Waals surface area (Å²) in [5.74, 6) is 0.438. The number of nitrogens with zero attached hydrogens (tertiary/aromatic N) is 1. The second-order valence-electron chi connectivity index (χ2n) is 6.24. The first-order valence-electron chi connectivity index (χ1n) is 6.80. The van der Waals surface area contributed by atoms with Gasteiger partial charge in [-0.1, -0.05) is 20.8 Å². The quantitative estimate of drug-likeness (QED) is 0.884. The van der Waals surface area contributed by atoms with Gasteiger partial charge in [-0.3, -0.25) is 0 Å². The van der Waals surface area contributed by atoms with E-state index in [9.17, 15) is 5.11 Å². The Bertz CT molecular complexity index is 377. The first-order chi connectivity index (χ1) is 8.47. The van der Waals surface area contributed by atoms with Gasteiger partial charge in [0, 0.05) is 17.2 Å². The van der Waals surface area contributed by atoms with Crippen molar-refractivity contribution >= 4 is 11.3 Å². The molecule has 2 rings (SSSR count). The summed E-state index contributed by atoms with van der Waals surface area (Å²) in [4.78, 5) is 4.66. The number of aliphatic hydroxyl groups is 1. The van der Waals surface area contributed by atoms with Gasteiger partial charge in [0.25, 0.3) is 0 Å². The summed E-state index contributed by atoms with van der Waals surface area (Å²) in [7, 11) is 0. The molecule has 2 N–H and O–H groups in total. The zero-order valence-electron chi connectivity index (χ0n) is 11.6. The Morgan fingerprint density at radius 3 is 2.67 bits per heavy atom. The Balaban J connectivity index is 1.94. The van der Waals surface area contributed by atoms with Gasteiger partial charge < -0.3 is 10.4 Å². The highest BCUT2D eigenvalue weighted by atomic mass is 32.1. The summed E-state index contributed by atoms with van der Waals surface area (Å²) in [6.07, 6.45) is 2.65. The van der Waals surface area contributed by atoms with Crippen molar-refractivity contribution in [1.29, 1.82) is 0 Å². The van der Waals surface area contributed by atoms with Crippen LogP contribution in [0.15, 0.2) is 5.38 Å². The number of thiazole rings is 1. The van der Waals surface area contributed by atoms with Crippen LogP contribution in [0.25, 0.3) is 0 Å². The first kappa shape index (κ1) is 14.0. The smallest absolute Gasteiger partial charge is 0.0954 e. The summed E-state index contributed by atoms with van der Waals surface area (Å²) in [5.41, 5.74) is 1.24. The maximum absolute atomic E-state index is 10.3. The first-order valence-corrected chi connectivity index (χ1v) is 7.68. The van der Waals surface area contributed by atoms with Crippen LogP contribution in [-0.4, -0.2) is 29.3 Å². The fourth-order valence-corrected chi connectivity index (χ4v) is 3.40. The second-order valence-corrected chi connectivity index (χ2v) is 7.18. The summed E-state index contributed by atoms with van der Waals surface area (Å²) >= 11 is 1.68. The maximum Gasteiger partial charge on any atom is 0.0954 e. The van der Waals surface area contributed by atoms with E-state index >= 15 is 0 Å². The lowest BCUT2D eigenvalue weighted by Gasteiger charge is -2.26. The van der Waals surface area contributed by atoms with Gasteiger partial charge in [0.1, 0.15) is 0 Å². The van der Waals surface area contributed by atoms with E-state index < -0.39 is 0 Å². The lowest BCUT2D eigenvalue weighted by molar-refractivity contribution is 0.0889. The molecule has 1 fully saturated rings. The molecule has 0 aliphatic carbocycles. The van der Waals surface area contributed by atoms with E-state index in [1.54, 1.807) is 11.3 Å². The van der Waals surface area contributed by atoms with Crippen LogP contribution in [0.4, 0.5) is 0 Å². The molecule has 0 spiro atoms. The molecule has 1 saturated heterocycles. The zero-order valence-corrected chi connectivity index (χ0v) is 12.4. The predicted molar refractivity (Wildman–Crippen MR) is 76.1 cm³/mol. The average molecular weight is 268 g/mol. The number of nitrogens with one attached hydrogen (secondary N) is 1. The Hall–Kier alpha value is -0.450. The van der Waals surface area contributed by atoms with Crippen molar-refractivity contribution in [2.45, 2.75) is 51.6 Å². The van der Waals surface area contributed by atoms with E-state index in [1.165, 1.54) is 0 Å². The van der Waals surface area contributed by atoms with E-state index in [4.69, 9.17) is 0 Å². The third-order valence-corrected chi connectivity index (χ3v) is 4.50. The molecule has 0 aromatic carbocycles. The highest BCUT2D eigenvalue weighted by Gasteiger charge is 2.24. The van der Waals surface area contributed by atoms with E-state index in [2.05, 4.69) is 36.5 Å². The number of aliphatic hydroxyl groups excluding tert-OH is 1. The summed E-state index contributed by atoms with van der Waals surface area (Å²) in [6, 6.07) is 0. The SMILES string of the molecule is CC(C)(C)c1csc(CC(O)C2CCNCC2)n1. The van der Waals surface area contributed by atoms with Gasteiger partial charge in [0.2, 0.25) is 0 Å². The van der Waals surface area contributed by atoms with Crippen LogP contribution < -0.4 is 5.32 Å². The van der Waals surface area contributed by atoms with Gasteiger partial charge in [-0.25, -0.2) is 4.98 Å². The predicted octanol–water partition coefficient (Wildman–Crippen LogP) is 2.34. The molecule has 0 saturated carbocycles. The third kappa shape index (κ3) is 3.53. The molecule has 3 nitrogen and oxygen atoms in total. The molecule has 102 valence electrons. The lowest BCUT2D eigenvalue weighted by Crippen LogP contribution is -2.35. The number of rotatable bonds is 3. The molecule has 2 heterocycles. The van der Waals surface area contributed by atoms with Crippen molar-refractivity contribution in [2.75, 3.05) is 13.1 Å². The van der Waals surface area contributed by atoms with Crippen LogP contribution in [0.3, 0.4) is 0 Å². The molecule has 0 radical (unpaired) electrons. The fraction of sp³-hybridized carbons (Fsp3) is 0.786. The summed E-state index contributed by atoms with van der Waals surface area (Å²) in [6.45, 7) is 8.60. The minimum atomic E-state index is -0.230. The minimum absolute atomic E-state index is 0.106. The van der Waals surface area contributed by atoms with Crippen LogP contribution >= 0.6 is 11.3 Å². The fourth-order valence-electron chi connectivity index (χ4n) is 2.32. The molecule has 1 aliphatic rings. The van der Waals surface area contributed by atoms with Gasteiger partial charge in [0.05, 0.1) is 16.8 Å². The van der Waals surface area contributed by atoms with Gasteiger partial charge in [-0.2, -0.15) is 0 Å². The highest BCUT2D eigenvalue weighted by molar-refractivity contribution is 7.09. The molecular formula is C14H24N2OS. The largest absolute Gasteiger partial charge is 0.392 e. The summed E-state index contributed by atoms with van der Waals surface area (Å²) < 4.78 is 0. The van der Waals surface area contributed by atoms with E-state index in [-0.39, 0.29) is 11.5 Å². The molecule has 0 bridgehead atoms. The number of hydrogen-bond donors (Lipinski definition) is 2. The van der Waals surface area contributed by atoms with Gasteiger partial charge in [0.15, 0.2) is 0 Å². The van der Waals surface area contributed by atoms with Crippen molar-refractivity contribution in [2.24, 2.45) is 5.92 Å². The van der Waals surface area contributed by atoms with Crippen LogP contribution in [-0.2, 0) is 11.8 Å². The van der Waals surface area contributed by atoms with Crippen molar-refractivity contribution in [3.63, 3.8) is 0 Å². The Morgan fingerprint density at radius 2 is 2.11 bits per heavy atom. The van der Waals surface area contributed by atoms with Gasteiger partial charge >= 0.3 is 0 Å². The van der Waals surface area contributed by atoms with Crippen LogP contribution in [0.1, 0.15) is 44.3 Å². The van der Waals surface area contributed by atoms with Gasteiger partial charge in [-0.05, 0) is 31.8 Å². The molecular weight excluding hydrogens is 244 g/mol. The monoisotopic (exact) mass is 268 g/mol. The lowest BCUT2D eigenvalue weighted by atomic mass is 9.90. The van der Waals surface area contributed by atoms with Crippen molar-refractivity contribution in [1.82, 2.24) is 10.3 Å². The van der Waals surface area contributed by atoms with E-state index in [0.29, 0.717) is 12.3 Å². The van der Waals surface area contributed by atoms with Gasteiger partial charge in [-0.15, -0.1) is 11.3 Å². The Morgan fingerprint density at radius 1 is 1.44 bits per heavy atom. The maximum atomic E-state index is 10.3. The normalized spacial score (nSPS) is 20.0. The molecule has 1 aromatic heterocycles. The molecule has 18 heavy (non-hydrogen) atoms. The van der Waals surface area contributed by atoms with E-state index in [0.717, 1.165) is 36.6 Å². The molecule has 1 unspecified atom stereocenters. The van der Waals surface area contributed by atoms with Crippen LogP contribution in [0.5, 0.6) is 0 Å². The zero-order chi connectivity index (χ0) is 13.2. The minimum Gasteiger partial charge on any atom is -0.392 e. The number of hydrogen-bond acceptors (Lipinski definition) is 4. The molecule has 1 aromatic rings. The Labute approximate surface area is 114 Å². The highest BCUT2D eigenvalue weighted by Crippen LogP contribution is 2.26. The number of aromatic nitrogens is 1. The molecule has 0 amide bonds. The third-order valence-electron chi connectivity index (χ3n) is 3.63. The average Bonchev–Trinajstić information content (AvgIpc) is 2.78. The molecule has 1 atom stereocenters. The molecule has 1 aliphatic heterocycles. The number of piperidine rings is 1. The van der Waals surface area contributed by atoms with Crippen LogP contribution in [0, 0.1) is 5.92 Å². The standard InChI is InChI=1S/C14H24N2OS/c1-14(2,3)12-9-18-13(16-12)8-11(17)10-4-6-15-7-5-10/h9-11,15,17H,4-8H2,1-3H3. The summed E-state index contributed by atoms with van der Waals surface area (Å²) in [5, 5.41) is 16.8. The van der Waals surface area contributed by atoms with Crippen molar-refractivity contribution in [3.05, 3.63) is 16.1 Å². The van der Waals surface area contributed by atoms with Crippen LogP contribution in [0.2, 0.25) is 0 Å². The van der Waals surface area contributed by atoms with E-state index in [1.807, 2.05) is 0 Å². The van der Waals surface area contributed by atoms with Crippen molar-refractivity contribution < 1.29 is 5.11 Å². The second kappa shape index (κ2) is 5.68. The Kier molecular flexibility index (Phi) is 4.41.